The third kappa shape index (κ3) is 3.36. The van der Waals surface area contributed by atoms with E-state index in [1.165, 1.54) is 18.3 Å². The van der Waals surface area contributed by atoms with Gasteiger partial charge < -0.3 is 5.32 Å². The van der Waals surface area contributed by atoms with E-state index in [1.807, 2.05) is 0 Å². The van der Waals surface area contributed by atoms with E-state index in [1.54, 1.807) is 19.9 Å². The van der Waals surface area contributed by atoms with Crippen LogP contribution in [0.3, 0.4) is 0 Å². The molecule has 2 aromatic rings. The molecule has 1 heterocycles. The van der Waals surface area contributed by atoms with Crippen molar-refractivity contribution in [1.82, 2.24) is 4.98 Å². The number of hydrogen-bond donors (Lipinski definition) is 1. The minimum atomic E-state index is -0.409. The van der Waals surface area contributed by atoms with Gasteiger partial charge in [0, 0.05) is 16.2 Å². The molecule has 0 radical (unpaired) electrons. The molecule has 0 aliphatic rings. The first kappa shape index (κ1) is 15.4. The zero-order valence-corrected chi connectivity index (χ0v) is 13.1. The Balaban J connectivity index is 2.27. The Morgan fingerprint density at radius 2 is 2.14 bits per heavy atom. The molecule has 0 bridgehead atoms. The lowest BCUT2D eigenvalue weighted by Gasteiger charge is -2.11. The van der Waals surface area contributed by atoms with Crippen molar-refractivity contribution in [3.8, 4) is 0 Å². The molecule has 0 saturated heterocycles. The maximum Gasteiger partial charge on any atom is 0.278 e. The van der Waals surface area contributed by atoms with Crippen molar-refractivity contribution in [2.75, 3.05) is 5.32 Å². The predicted molar refractivity (Wildman–Crippen MR) is 81.8 cm³/mol. The zero-order chi connectivity index (χ0) is 15.6. The Labute approximate surface area is 129 Å². The molecule has 7 heteroatoms. The maximum atomic E-state index is 13.2. The first-order valence-corrected chi connectivity index (χ1v) is 6.98. The lowest BCUT2D eigenvalue weighted by atomic mass is 10.1. The highest BCUT2D eigenvalue weighted by Gasteiger charge is 2.18. The highest BCUT2D eigenvalue weighted by molar-refractivity contribution is 9.10. The highest BCUT2D eigenvalue weighted by Crippen LogP contribution is 2.26. The van der Waals surface area contributed by atoms with E-state index in [2.05, 4.69) is 26.2 Å². The number of halogens is 2. The van der Waals surface area contributed by atoms with Crippen molar-refractivity contribution < 1.29 is 9.31 Å². The van der Waals surface area contributed by atoms with Crippen molar-refractivity contribution in [3.05, 3.63) is 61.6 Å². The van der Waals surface area contributed by atoms with Gasteiger partial charge in [0.2, 0.25) is 0 Å². The number of nitrogens with one attached hydrogen (secondary N) is 1. The Kier molecular flexibility index (Phi) is 4.52. The van der Waals surface area contributed by atoms with Crippen molar-refractivity contribution in [3.63, 3.8) is 0 Å². The fourth-order valence-corrected chi connectivity index (χ4v) is 2.42. The first-order valence-electron chi connectivity index (χ1n) is 6.18. The average Bonchev–Trinajstić information content (AvgIpc) is 2.41. The van der Waals surface area contributed by atoms with Gasteiger partial charge in [0.05, 0.1) is 28.4 Å². The minimum Gasteiger partial charge on any atom is -0.378 e. The number of aryl methyl sites for hydroxylation is 1. The SMILES string of the molecule is Cc1cnc(CNc2cc(F)ccc2Br)c(C)c1[N+](=O)[O-]. The summed E-state index contributed by atoms with van der Waals surface area (Å²) in [6, 6.07) is 4.28. The topological polar surface area (TPSA) is 68.1 Å². The molecular weight excluding hydrogens is 341 g/mol. The lowest BCUT2D eigenvalue weighted by molar-refractivity contribution is -0.386. The van der Waals surface area contributed by atoms with Crippen LogP contribution in [0.4, 0.5) is 15.8 Å². The average molecular weight is 354 g/mol. The normalized spacial score (nSPS) is 10.5. The fraction of sp³-hybridized carbons (Fsp3) is 0.214. The summed E-state index contributed by atoms with van der Waals surface area (Å²) in [5.41, 5.74) is 2.23. The number of pyridine rings is 1. The van der Waals surface area contributed by atoms with Gasteiger partial charge in [-0.05, 0) is 48.0 Å². The third-order valence-corrected chi connectivity index (χ3v) is 3.82. The van der Waals surface area contributed by atoms with Crippen LogP contribution in [0.2, 0.25) is 0 Å². The molecule has 0 amide bonds. The first-order chi connectivity index (χ1) is 9.90. The van der Waals surface area contributed by atoms with Crippen LogP contribution < -0.4 is 5.32 Å². The van der Waals surface area contributed by atoms with E-state index in [0.29, 0.717) is 27.0 Å². The molecular formula is C14H13BrFN3O2. The van der Waals surface area contributed by atoms with Gasteiger partial charge in [-0.1, -0.05) is 0 Å². The van der Waals surface area contributed by atoms with Crippen LogP contribution >= 0.6 is 15.9 Å². The number of hydrogen-bond acceptors (Lipinski definition) is 4. The second-order valence-corrected chi connectivity index (χ2v) is 5.45. The summed E-state index contributed by atoms with van der Waals surface area (Å²) in [5.74, 6) is -0.361. The Bertz CT molecular complexity index is 707. The van der Waals surface area contributed by atoms with E-state index >= 15 is 0 Å². The molecule has 0 aliphatic heterocycles. The van der Waals surface area contributed by atoms with Gasteiger partial charge in [0.25, 0.3) is 5.69 Å². The van der Waals surface area contributed by atoms with Crippen molar-refractivity contribution in [2.24, 2.45) is 0 Å². The molecule has 21 heavy (non-hydrogen) atoms. The largest absolute Gasteiger partial charge is 0.378 e. The molecule has 0 fully saturated rings. The number of benzene rings is 1. The van der Waals surface area contributed by atoms with Gasteiger partial charge in [-0.15, -0.1) is 0 Å². The third-order valence-electron chi connectivity index (χ3n) is 3.13. The van der Waals surface area contributed by atoms with Gasteiger partial charge in [0.1, 0.15) is 5.82 Å². The summed E-state index contributed by atoms with van der Waals surface area (Å²) in [6.07, 6.45) is 1.47. The van der Waals surface area contributed by atoms with Crippen LogP contribution in [0.15, 0.2) is 28.9 Å². The molecule has 1 aromatic heterocycles. The molecule has 5 nitrogen and oxygen atoms in total. The zero-order valence-electron chi connectivity index (χ0n) is 11.5. The number of nitrogens with zero attached hydrogens (tertiary/aromatic N) is 2. The van der Waals surface area contributed by atoms with E-state index in [4.69, 9.17) is 0 Å². The van der Waals surface area contributed by atoms with Crippen LogP contribution in [0, 0.1) is 29.8 Å². The van der Waals surface area contributed by atoms with Crippen LogP contribution in [0.1, 0.15) is 16.8 Å². The van der Waals surface area contributed by atoms with Crippen molar-refractivity contribution in [1.29, 1.82) is 0 Å². The number of nitro groups is 1. The summed E-state index contributed by atoms with van der Waals surface area (Å²) in [4.78, 5) is 14.9. The summed E-state index contributed by atoms with van der Waals surface area (Å²) in [7, 11) is 0. The minimum absolute atomic E-state index is 0.0695. The number of rotatable bonds is 4. The molecule has 0 atom stereocenters. The Morgan fingerprint density at radius 3 is 2.81 bits per heavy atom. The van der Waals surface area contributed by atoms with Gasteiger partial charge in [-0.3, -0.25) is 15.1 Å². The quantitative estimate of drug-likeness (QED) is 0.663. The molecule has 0 unspecified atom stereocenters. The van der Waals surface area contributed by atoms with Gasteiger partial charge >= 0.3 is 0 Å². The van der Waals surface area contributed by atoms with E-state index in [9.17, 15) is 14.5 Å². The Morgan fingerprint density at radius 1 is 1.43 bits per heavy atom. The molecule has 0 spiro atoms. The molecule has 110 valence electrons. The number of anilines is 1. The summed E-state index contributed by atoms with van der Waals surface area (Å²) >= 11 is 3.31. The molecule has 2 rings (SSSR count). The lowest BCUT2D eigenvalue weighted by Crippen LogP contribution is -2.07. The van der Waals surface area contributed by atoms with Gasteiger partial charge in [0.15, 0.2) is 0 Å². The summed E-state index contributed by atoms with van der Waals surface area (Å²) in [5, 5.41) is 14.1. The van der Waals surface area contributed by atoms with Gasteiger partial charge in [-0.25, -0.2) is 4.39 Å². The van der Waals surface area contributed by atoms with Crippen LogP contribution in [-0.2, 0) is 6.54 Å². The molecule has 1 aromatic carbocycles. The maximum absolute atomic E-state index is 13.2. The van der Waals surface area contributed by atoms with Gasteiger partial charge in [-0.2, -0.15) is 0 Å². The van der Waals surface area contributed by atoms with Crippen LogP contribution in [-0.4, -0.2) is 9.91 Å². The Hall–Kier alpha value is -2.02. The predicted octanol–water partition coefficient (Wildman–Crippen LogP) is 4.12. The second kappa shape index (κ2) is 6.17. The summed E-state index contributed by atoms with van der Waals surface area (Å²) in [6.45, 7) is 3.59. The second-order valence-electron chi connectivity index (χ2n) is 4.60. The molecule has 0 saturated carbocycles. The highest BCUT2D eigenvalue weighted by atomic mass is 79.9. The molecule has 0 aliphatic carbocycles. The number of aromatic nitrogens is 1. The van der Waals surface area contributed by atoms with Crippen LogP contribution in [0.5, 0.6) is 0 Å². The van der Waals surface area contributed by atoms with Crippen molar-refractivity contribution >= 4 is 27.3 Å². The molecule has 1 N–H and O–H groups in total. The van der Waals surface area contributed by atoms with Crippen LogP contribution in [0.25, 0.3) is 0 Å². The van der Waals surface area contributed by atoms with E-state index < -0.39 is 4.92 Å². The van der Waals surface area contributed by atoms with E-state index in [-0.39, 0.29) is 18.0 Å². The van der Waals surface area contributed by atoms with E-state index in [0.717, 1.165) is 0 Å². The fourth-order valence-electron chi connectivity index (χ4n) is 2.04. The van der Waals surface area contributed by atoms with Crippen molar-refractivity contribution in [2.45, 2.75) is 20.4 Å². The monoisotopic (exact) mass is 353 g/mol. The smallest absolute Gasteiger partial charge is 0.278 e. The summed E-state index contributed by atoms with van der Waals surface area (Å²) < 4.78 is 13.9. The standard InChI is InChI=1S/C14H13BrFN3O2/c1-8-6-17-13(9(2)14(8)19(20)21)7-18-12-5-10(16)3-4-11(12)15/h3-6,18H,7H2,1-2H3.